The van der Waals surface area contributed by atoms with Crippen LogP contribution in [0.5, 0.6) is 0 Å². The number of ether oxygens (including phenoxy) is 1. The molecule has 1 aliphatic rings. The molecule has 3 rings (SSSR count). The number of H-pyrrole nitrogens is 1. The van der Waals surface area contributed by atoms with Gasteiger partial charge in [-0.05, 0) is 12.0 Å². The van der Waals surface area contributed by atoms with Gasteiger partial charge in [0.25, 0.3) is 0 Å². The molecule has 2 atom stereocenters. The Balaban J connectivity index is 1.48. The number of rotatable bonds is 8. The molecular formula is C21H25N5O3. The summed E-state index contributed by atoms with van der Waals surface area (Å²) in [5.74, 6) is 6.78. The van der Waals surface area contributed by atoms with Crippen molar-refractivity contribution in [3.05, 3.63) is 53.9 Å². The molecule has 1 aliphatic heterocycles. The van der Waals surface area contributed by atoms with E-state index in [1.165, 1.54) is 0 Å². The second kappa shape index (κ2) is 11.0. The third kappa shape index (κ3) is 6.73. The highest BCUT2D eigenvalue weighted by Crippen LogP contribution is 2.15. The van der Waals surface area contributed by atoms with E-state index >= 15 is 0 Å². The van der Waals surface area contributed by atoms with Crippen LogP contribution in [0, 0.1) is 11.8 Å². The summed E-state index contributed by atoms with van der Waals surface area (Å²) in [6.45, 7) is 0.669. The highest BCUT2D eigenvalue weighted by molar-refractivity contribution is 5.69. The molecule has 1 aromatic carbocycles. The maximum atomic E-state index is 12.1. The quantitative estimate of drug-likeness (QED) is 0.402. The van der Waals surface area contributed by atoms with Crippen molar-refractivity contribution >= 4 is 6.09 Å². The molecule has 0 radical (unpaired) electrons. The zero-order valence-electron chi connectivity index (χ0n) is 16.2. The van der Waals surface area contributed by atoms with Crippen molar-refractivity contribution in [2.24, 2.45) is 0 Å². The van der Waals surface area contributed by atoms with Crippen LogP contribution in [-0.2, 0) is 17.6 Å². The van der Waals surface area contributed by atoms with Gasteiger partial charge >= 0.3 is 6.09 Å². The molecular weight excluding hydrogens is 370 g/mol. The van der Waals surface area contributed by atoms with Crippen LogP contribution in [0.15, 0.2) is 42.5 Å². The Hall–Kier alpha value is -3.18. The SMILES string of the molecule is O=C1OCC[C@H](/C=C/C(O)Cc2ccccc2)N1CC#CCCCc1nn[nH]n1. The summed E-state index contributed by atoms with van der Waals surface area (Å²) in [6, 6.07) is 9.68. The maximum absolute atomic E-state index is 12.1. The molecule has 0 spiro atoms. The number of unbranched alkanes of at least 4 members (excludes halogenated alkanes) is 1. The number of carbonyl (C=O) groups is 1. The van der Waals surface area contributed by atoms with Crippen molar-refractivity contribution in [3.63, 3.8) is 0 Å². The third-order valence-electron chi connectivity index (χ3n) is 4.58. The van der Waals surface area contributed by atoms with E-state index < -0.39 is 6.10 Å². The Morgan fingerprint density at radius 2 is 2.21 bits per heavy atom. The molecule has 152 valence electrons. The third-order valence-corrected chi connectivity index (χ3v) is 4.58. The molecule has 1 fully saturated rings. The van der Waals surface area contributed by atoms with Gasteiger partial charge in [-0.15, -0.1) is 16.1 Å². The maximum Gasteiger partial charge on any atom is 0.411 e. The first kappa shape index (κ1) is 20.6. The largest absolute Gasteiger partial charge is 0.449 e. The van der Waals surface area contributed by atoms with E-state index in [1.807, 2.05) is 36.4 Å². The topological polar surface area (TPSA) is 104 Å². The number of nitrogens with one attached hydrogen (secondary N) is 1. The van der Waals surface area contributed by atoms with Crippen LogP contribution < -0.4 is 0 Å². The highest BCUT2D eigenvalue weighted by Gasteiger charge is 2.27. The normalized spacial score (nSPS) is 17.6. The first-order chi connectivity index (χ1) is 14.2. The van der Waals surface area contributed by atoms with Crippen LogP contribution in [-0.4, -0.2) is 62.0 Å². The lowest BCUT2D eigenvalue weighted by atomic mass is 10.1. The predicted octanol–water partition coefficient (Wildman–Crippen LogP) is 1.90. The number of aromatic amines is 1. The molecule has 29 heavy (non-hydrogen) atoms. The van der Waals surface area contributed by atoms with E-state index in [9.17, 15) is 9.90 Å². The minimum absolute atomic E-state index is 0.129. The van der Waals surface area contributed by atoms with Gasteiger partial charge in [-0.2, -0.15) is 5.21 Å². The van der Waals surface area contributed by atoms with E-state index in [0.29, 0.717) is 44.7 Å². The van der Waals surface area contributed by atoms with Gasteiger partial charge in [0.2, 0.25) is 0 Å². The molecule has 8 heteroatoms. The van der Waals surface area contributed by atoms with Crippen molar-refractivity contribution in [2.75, 3.05) is 13.2 Å². The van der Waals surface area contributed by atoms with Crippen LogP contribution in [0.3, 0.4) is 0 Å². The van der Waals surface area contributed by atoms with Crippen molar-refractivity contribution in [1.29, 1.82) is 0 Å². The summed E-state index contributed by atoms with van der Waals surface area (Å²) in [7, 11) is 0. The monoisotopic (exact) mass is 395 g/mol. The fourth-order valence-corrected chi connectivity index (χ4v) is 3.06. The molecule has 2 N–H and O–H groups in total. The van der Waals surface area contributed by atoms with Crippen molar-refractivity contribution in [3.8, 4) is 11.8 Å². The summed E-state index contributed by atoms with van der Waals surface area (Å²) < 4.78 is 5.15. The molecule has 8 nitrogen and oxygen atoms in total. The highest BCUT2D eigenvalue weighted by atomic mass is 16.6. The fraction of sp³-hybridized carbons (Fsp3) is 0.429. The number of benzene rings is 1. The lowest BCUT2D eigenvalue weighted by Gasteiger charge is -2.31. The number of hydrogen-bond donors (Lipinski definition) is 2. The number of tetrazole rings is 1. The zero-order chi connectivity index (χ0) is 20.3. The first-order valence-corrected chi connectivity index (χ1v) is 9.74. The van der Waals surface area contributed by atoms with Crippen LogP contribution >= 0.6 is 0 Å². The Morgan fingerprint density at radius 3 is 3.00 bits per heavy atom. The Morgan fingerprint density at radius 1 is 1.34 bits per heavy atom. The van der Waals surface area contributed by atoms with Gasteiger partial charge in [-0.25, -0.2) is 4.79 Å². The second-order valence-corrected chi connectivity index (χ2v) is 6.78. The van der Waals surface area contributed by atoms with Crippen LogP contribution in [0.2, 0.25) is 0 Å². The smallest absolute Gasteiger partial charge is 0.411 e. The summed E-state index contributed by atoms with van der Waals surface area (Å²) in [6.07, 6.45) is 6.10. The van der Waals surface area contributed by atoms with Crippen LogP contribution in [0.4, 0.5) is 4.79 Å². The summed E-state index contributed by atoms with van der Waals surface area (Å²) >= 11 is 0. The zero-order valence-corrected chi connectivity index (χ0v) is 16.2. The molecule has 0 saturated carbocycles. The molecule has 0 aliphatic carbocycles. The predicted molar refractivity (Wildman–Crippen MR) is 107 cm³/mol. The van der Waals surface area contributed by atoms with Gasteiger partial charge in [0, 0.05) is 25.7 Å². The number of aryl methyl sites for hydroxylation is 1. The number of hydrogen-bond acceptors (Lipinski definition) is 6. The average molecular weight is 395 g/mol. The van der Waals surface area contributed by atoms with E-state index in [1.54, 1.807) is 11.0 Å². The standard InChI is InChI=1S/C21H25N5O3/c27-19(16-17-8-4-3-5-9-17)12-11-18-13-15-29-21(28)26(18)14-7-2-1-6-10-20-22-24-25-23-20/h3-5,8-9,11-12,18-19,27H,1,6,10,13-16H2,(H,22,23,24,25)/b12-11+/t18-,19?/m0/s1. The van der Waals surface area contributed by atoms with Gasteiger partial charge in [0.05, 0.1) is 25.3 Å². The lowest BCUT2D eigenvalue weighted by Crippen LogP contribution is -2.44. The van der Waals surface area contributed by atoms with E-state index in [0.717, 1.165) is 12.0 Å². The summed E-state index contributed by atoms with van der Waals surface area (Å²) in [4.78, 5) is 13.7. The van der Waals surface area contributed by atoms with Crippen molar-refractivity contribution in [2.45, 2.75) is 44.2 Å². The van der Waals surface area contributed by atoms with Crippen molar-refractivity contribution in [1.82, 2.24) is 25.5 Å². The van der Waals surface area contributed by atoms with E-state index in [2.05, 4.69) is 32.5 Å². The van der Waals surface area contributed by atoms with Gasteiger partial charge in [-0.3, -0.25) is 4.90 Å². The van der Waals surface area contributed by atoms with Gasteiger partial charge < -0.3 is 9.84 Å². The molecule has 1 amide bonds. The number of carbonyl (C=O) groups excluding carboxylic acids is 1. The van der Waals surface area contributed by atoms with Crippen LogP contribution in [0.25, 0.3) is 0 Å². The molecule has 2 aromatic rings. The number of cyclic esters (lactones) is 1. The molecule has 2 heterocycles. The van der Waals surface area contributed by atoms with Crippen molar-refractivity contribution < 1.29 is 14.6 Å². The second-order valence-electron chi connectivity index (χ2n) is 6.78. The average Bonchev–Trinajstić information content (AvgIpc) is 3.24. The number of aromatic nitrogens is 4. The van der Waals surface area contributed by atoms with Gasteiger partial charge in [0.15, 0.2) is 5.82 Å². The van der Waals surface area contributed by atoms with Gasteiger partial charge in [0.1, 0.15) is 0 Å². The number of aliphatic hydroxyl groups excluding tert-OH is 1. The Labute approximate surface area is 170 Å². The van der Waals surface area contributed by atoms with Gasteiger partial charge in [-0.1, -0.05) is 53.6 Å². The fourth-order valence-electron chi connectivity index (χ4n) is 3.06. The molecule has 1 aromatic heterocycles. The Kier molecular flexibility index (Phi) is 7.78. The molecule has 1 saturated heterocycles. The van der Waals surface area contributed by atoms with E-state index in [4.69, 9.17) is 4.74 Å². The molecule has 1 unspecified atom stereocenters. The number of aliphatic hydroxyl groups is 1. The first-order valence-electron chi connectivity index (χ1n) is 9.74. The number of amides is 1. The molecule has 0 bridgehead atoms. The van der Waals surface area contributed by atoms with E-state index in [-0.39, 0.29) is 12.1 Å². The number of nitrogens with zero attached hydrogens (tertiary/aromatic N) is 4. The minimum Gasteiger partial charge on any atom is -0.449 e. The minimum atomic E-state index is -0.603. The summed E-state index contributed by atoms with van der Waals surface area (Å²) in [5.41, 5.74) is 1.07. The summed E-state index contributed by atoms with van der Waals surface area (Å²) in [5, 5.41) is 24.0. The lowest BCUT2D eigenvalue weighted by molar-refractivity contribution is 0.0618. The van der Waals surface area contributed by atoms with Crippen LogP contribution in [0.1, 0.15) is 30.7 Å². The Bertz CT molecular complexity index is 842.